The van der Waals surface area contributed by atoms with E-state index in [4.69, 9.17) is 10.5 Å². The zero-order chi connectivity index (χ0) is 10.7. The maximum absolute atomic E-state index is 13.2. The Labute approximate surface area is 82.3 Å². The third-order valence-corrected chi connectivity index (χ3v) is 2.08. The third kappa shape index (κ3) is 2.02. The molecule has 0 spiro atoms. The Bertz CT molecular complexity index is 315. The molecule has 0 aliphatic carbocycles. The number of nitrogens with two attached hydrogens (primary N) is 1. The van der Waals surface area contributed by atoms with Crippen molar-refractivity contribution in [2.24, 2.45) is 5.73 Å². The van der Waals surface area contributed by atoms with E-state index in [0.717, 1.165) is 0 Å². The Morgan fingerprint density at radius 1 is 1.50 bits per heavy atom. The van der Waals surface area contributed by atoms with Crippen molar-refractivity contribution < 1.29 is 14.2 Å². The third-order valence-electron chi connectivity index (χ3n) is 2.08. The molecule has 78 valence electrons. The molecular weight excluding hydrogens is 185 g/mol. The zero-order valence-corrected chi connectivity index (χ0v) is 8.20. The average molecular weight is 199 g/mol. The van der Waals surface area contributed by atoms with Gasteiger partial charge < -0.3 is 15.6 Å². The highest BCUT2D eigenvalue weighted by molar-refractivity contribution is 5.37. The van der Waals surface area contributed by atoms with E-state index in [1.54, 1.807) is 13.0 Å². The van der Waals surface area contributed by atoms with Gasteiger partial charge in [-0.05, 0) is 13.0 Å². The monoisotopic (exact) mass is 199 g/mol. The molecule has 0 unspecified atom stereocenters. The summed E-state index contributed by atoms with van der Waals surface area (Å²) in [6.07, 6.45) is -0.745. The number of methoxy groups -OCH3 is 1. The predicted octanol–water partition coefficient (Wildman–Crippen LogP) is 1.21. The Morgan fingerprint density at radius 2 is 2.14 bits per heavy atom. The fourth-order valence-corrected chi connectivity index (χ4v) is 1.26. The van der Waals surface area contributed by atoms with Crippen molar-refractivity contribution >= 4 is 0 Å². The number of aliphatic hydroxyl groups excluding tert-OH is 1. The van der Waals surface area contributed by atoms with Gasteiger partial charge >= 0.3 is 0 Å². The first kappa shape index (κ1) is 10.9. The number of hydrogen-bond donors (Lipinski definition) is 2. The van der Waals surface area contributed by atoms with Crippen LogP contribution in [0.4, 0.5) is 4.39 Å². The van der Waals surface area contributed by atoms with E-state index < -0.39 is 18.0 Å². The van der Waals surface area contributed by atoms with Crippen molar-refractivity contribution in [2.75, 3.05) is 7.11 Å². The molecule has 0 fully saturated rings. The normalized spacial score (nSPS) is 14.9. The fourth-order valence-electron chi connectivity index (χ4n) is 1.26. The van der Waals surface area contributed by atoms with Crippen LogP contribution in [0.3, 0.4) is 0 Å². The molecule has 1 aromatic carbocycles. The van der Waals surface area contributed by atoms with E-state index in [-0.39, 0.29) is 5.75 Å². The first-order valence-electron chi connectivity index (χ1n) is 4.34. The first-order valence-corrected chi connectivity index (χ1v) is 4.34. The lowest BCUT2D eigenvalue weighted by Crippen LogP contribution is -2.23. The van der Waals surface area contributed by atoms with Gasteiger partial charge in [-0.2, -0.15) is 0 Å². The summed E-state index contributed by atoms with van der Waals surface area (Å²) in [5.74, 6) is -0.373. The SMILES string of the molecule is COc1c(F)cccc1[C@@H](N)[C@@H](C)O. The van der Waals surface area contributed by atoms with Crippen LogP contribution in [0, 0.1) is 5.82 Å². The molecular formula is C10H14FNO2. The van der Waals surface area contributed by atoms with Crippen molar-refractivity contribution in [3.63, 3.8) is 0 Å². The molecule has 0 saturated carbocycles. The van der Waals surface area contributed by atoms with Gasteiger partial charge in [-0.3, -0.25) is 0 Å². The summed E-state index contributed by atoms with van der Waals surface area (Å²) in [7, 11) is 1.37. The van der Waals surface area contributed by atoms with Crippen molar-refractivity contribution in [1.82, 2.24) is 0 Å². The van der Waals surface area contributed by atoms with Crippen LogP contribution in [0.2, 0.25) is 0 Å². The Kier molecular flexibility index (Phi) is 3.43. The molecule has 0 saturated heterocycles. The molecule has 4 heteroatoms. The minimum atomic E-state index is -0.745. The van der Waals surface area contributed by atoms with Gasteiger partial charge in [0, 0.05) is 5.56 Å². The van der Waals surface area contributed by atoms with Crippen molar-refractivity contribution in [1.29, 1.82) is 0 Å². The quantitative estimate of drug-likeness (QED) is 0.769. The summed E-state index contributed by atoms with van der Waals surface area (Å²) in [6, 6.07) is 3.83. The van der Waals surface area contributed by atoms with Crippen LogP contribution in [0.1, 0.15) is 18.5 Å². The standard InChI is InChI=1S/C10H14FNO2/c1-6(13)9(12)7-4-3-5-8(11)10(7)14-2/h3-6,9,13H,12H2,1-2H3/t6-,9+/m1/s1. The van der Waals surface area contributed by atoms with Gasteiger partial charge in [0.05, 0.1) is 19.3 Å². The maximum atomic E-state index is 13.2. The summed E-state index contributed by atoms with van der Waals surface area (Å²) in [6.45, 7) is 1.55. The second-order valence-corrected chi connectivity index (χ2v) is 3.13. The zero-order valence-electron chi connectivity index (χ0n) is 8.20. The molecule has 1 rings (SSSR count). The number of rotatable bonds is 3. The highest BCUT2D eigenvalue weighted by Gasteiger charge is 2.18. The lowest BCUT2D eigenvalue weighted by Gasteiger charge is -2.18. The number of aliphatic hydroxyl groups is 1. The molecule has 0 heterocycles. The number of halogens is 1. The largest absolute Gasteiger partial charge is 0.493 e. The van der Waals surface area contributed by atoms with Crippen LogP contribution in [0.25, 0.3) is 0 Å². The van der Waals surface area contributed by atoms with Crippen LogP contribution in [0.5, 0.6) is 5.75 Å². The van der Waals surface area contributed by atoms with E-state index in [9.17, 15) is 9.50 Å². The second kappa shape index (κ2) is 4.39. The number of ether oxygens (including phenoxy) is 1. The minimum Gasteiger partial charge on any atom is -0.493 e. The topological polar surface area (TPSA) is 55.5 Å². The van der Waals surface area contributed by atoms with Gasteiger partial charge in [0.15, 0.2) is 11.6 Å². The highest BCUT2D eigenvalue weighted by atomic mass is 19.1. The van der Waals surface area contributed by atoms with Crippen LogP contribution < -0.4 is 10.5 Å². The summed E-state index contributed by atoms with van der Waals surface area (Å²) >= 11 is 0. The van der Waals surface area contributed by atoms with Gasteiger partial charge in [0.25, 0.3) is 0 Å². The van der Waals surface area contributed by atoms with Gasteiger partial charge in [-0.15, -0.1) is 0 Å². The van der Waals surface area contributed by atoms with E-state index in [1.165, 1.54) is 19.2 Å². The Hall–Kier alpha value is -1.13. The summed E-state index contributed by atoms with van der Waals surface area (Å²) in [5, 5.41) is 9.28. The first-order chi connectivity index (χ1) is 6.57. The van der Waals surface area contributed by atoms with Gasteiger partial charge in [0.2, 0.25) is 0 Å². The van der Waals surface area contributed by atoms with Crippen LogP contribution in [-0.2, 0) is 0 Å². The number of benzene rings is 1. The van der Waals surface area contributed by atoms with E-state index in [2.05, 4.69) is 0 Å². The molecule has 2 atom stereocenters. The van der Waals surface area contributed by atoms with E-state index >= 15 is 0 Å². The van der Waals surface area contributed by atoms with Crippen LogP contribution in [0.15, 0.2) is 18.2 Å². The van der Waals surface area contributed by atoms with Crippen molar-refractivity contribution in [2.45, 2.75) is 19.1 Å². The fraction of sp³-hybridized carbons (Fsp3) is 0.400. The summed E-state index contributed by atoms with van der Waals surface area (Å²) in [5.41, 5.74) is 6.16. The molecule has 0 aliphatic heterocycles. The molecule has 3 nitrogen and oxygen atoms in total. The molecule has 1 aromatic rings. The lowest BCUT2D eigenvalue weighted by molar-refractivity contribution is 0.162. The number of para-hydroxylation sites is 1. The molecule has 0 amide bonds. The maximum Gasteiger partial charge on any atom is 0.165 e. The molecule has 3 N–H and O–H groups in total. The summed E-state index contributed by atoms with van der Waals surface area (Å²) < 4.78 is 18.1. The molecule has 14 heavy (non-hydrogen) atoms. The van der Waals surface area contributed by atoms with Gasteiger partial charge in [0.1, 0.15) is 0 Å². The lowest BCUT2D eigenvalue weighted by atomic mass is 10.0. The summed E-state index contributed by atoms with van der Waals surface area (Å²) in [4.78, 5) is 0. The van der Waals surface area contributed by atoms with Gasteiger partial charge in [-0.25, -0.2) is 4.39 Å². The molecule has 0 bridgehead atoms. The van der Waals surface area contributed by atoms with Crippen molar-refractivity contribution in [3.05, 3.63) is 29.6 Å². The van der Waals surface area contributed by atoms with Crippen LogP contribution in [-0.4, -0.2) is 18.3 Å². The van der Waals surface area contributed by atoms with Crippen LogP contribution >= 0.6 is 0 Å². The second-order valence-electron chi connectivity index (χ2n) is 3.13. The average Bonchev–Trinajstić information content (AvgIpc) is 2.16. The van der Waals surface area contributed by atoms with Gasteiger partial charge in [-0.1, -0.05) is 12.1 Å². The Morgan fingerprint density at radius 3 is 2.64 bits per heavy atom. The molecule has 0 aromatic heterocycles. The predicted molar refractivity (Wildman–Crippen MR) is 51.6 cm³/mol. The Balaban J connectivity index is 3.13. The van der Waals surface area contributed by atoms with E-state index in [0.29, 0.717) is 5.56 Å². The number of hydrogen-bond acceptors (Lipinski definition) is 3. The highest BCUT2D eigenvalue weighted by Crippen LogP contribution is 2.28. The minimum absolute atomic E-state index is 0.0981. The molecule has 0 radical (unpaired) electrons. The van der Waals surface area contributed by atoms with E-state index in [1.807, 2.05) is 0 Å². The molecule has 0 aliphatic rings. The smallest absolute Gasteiger partial charge is 0.165 e. The van der Waals surface area contributed by atoms with Crippen molar-refractivity contribution in [3.8, 4) is 5.75 Å².